The van der Waals surface area contributed by atoms with Crippen molar-refractivity contribution in [3.05, 3.63) is 53.6 Å². The predicted molar refractivity (Wildman–Crippen MR) is 103 cm³/mol. The zero-order chi connectivity index (χ0) is 18.5. The van der Waals surface area contributed by atoms with Crippen molar-refractivity contribution in [2.45, 2.75) is 34.9 Å². The SMILES string of the molecule is C[C@@H]1CN2C(=O)Cc3c(S(=O)(=O)N(C)Cc4ccccc4)ccc(c32)S1. The van der Waals surface area contributed by atoms with Gasteiger partial charge in [-0.15, -0.1) is 11.8 Å². The molecule has 0 fully saturated rings. The summed E-state index contributed by atoms with van der Waals surface area (Å²) in [7, 11) is -2.10. The van der Waals surface area contributed by atoms with E-state index in [9.17, 15) is 13.2 Å². The van der Waals surface area contributed by atoms with E-state index in [2.05, 4.69) is 6.92 Å². The van der Waals surface area contributed by atoms with Crippen LogP contribution in [0.15, 0.2) is 52.3 Å². The molecule has 0 radical (unpaired) electrons. The molecule has 0 N–H and O–H groups in total. The number of amides is 1. The van der Waals surface area contributed by atoms with Crippen molar-refractivity contribution in [1.29, 1.82) is 0 Å². The predicted octanol–water partition coefficient (Wildman–Crippen LogP) is 2.89. The minimum Gasteiger partial charge on any atom is -0.310 e. The molecule has 5 nitrogen and oxygen atoms in total. The third-order valence-electron chi connectivity index (χ3n) is 4.81. The van der Waals surface area contributed by atoms with Crippen LogP contribution in [-0.2, 0) is 27.8 Å². The highest BCUT2D eigenvalue weighted by molar-refractivity contribution is 8.00. The molecule has 1 atom stereocenters. The zero-order valence-corrected chi connectivity index (χ0v) is 16.3. The standard InChI is InChI=1S/C19H20N2O3S2/c1-13-11-21-18(22)10-15-17(9-8-16(25-13)19(15)21)26(23,24)20(2)12-14-6-4-3-5-7-14/h3-9,13H,10-12H2,1-2H3/t13-/m1/s1. The summed E-state index contributed by atoms with van der Waals surface area (Å²) in [5.41, 5.74) is 2.37. The van der Waals surface area contributed by atoms with Crippen LogP contribution in [0.1, 0.15) is 18.1 Å². The molecule has 2 aromatic carbocycles. The lowest BCUT2D eigenvalue weighted by Gasteiger charge is -2.30. The molecule has 0 bridgehead atoms. The van der Waals surface area contributed by atoms with E-state index < -0.39 is 10.0 Å². The third-order valence-corrected chi connectivity index (χ3v) is 7.83. The Morgan fingerprint density at radius 2 is 1.92 bits per heavy atom. The molecule has 2 aromatic rings. The molecule has 136 valence electrons. The van der Waals surface area contributed by atoms with Crippen LogP contribution < -0.4 is 4.90 Å². The fourth-order valence-corrected chi connectivity index (χ4v) is 6.09. The highest BCUT2D eigenvalue weighted by Gasteiger charge is 2.39. The first-order chi connectivity index (χ1) is 12.4. The average molecular weight is 389 g/mol. The first kappa shape index (κ1) is 17.6. The van der Waals surface area contributed by atoms with Crippen molar-refractivity contribution in [3.8, 4) is 0 Å². The van der Waals surface area contributed by atoms with Crippen LogP contribution in [0.5, 0.6) is 0 Å². The van der Waals surface area contributed by atoms with Crippen molar-refractivity contribution in [2.75, 3.05) is 18.5 Å². The average Bonchev–Trinajstić information content (AvgIpc) is 2.93. The first-order valence-electron chi connectivity index (χ1n) is 8.51. The van der Waals surface area contributed by atoms with Crippen LogP contribution >= 0.6 is 11.8 Å². The molecular weight excluding hydrogens is 368 g/mol. The molecule has 0 unspecified atom stereocenters. The van der Waals surface area contributed by atoms with E-state index in [1.165, 1.54) is 4.31 Å². The lowest BCUT2D eigenvalue weighted by molar-refractivity contribution is -0.117. The van der Waals surface area contributed by atoms with E-state index in [0.29, 0.717) is 23.9 Å². The summed E-state index contributed by atoms with van der Waals surface area (Å²) < 4.78 is 27.7. The van der Waals surface area contributed by atoms with E-state index in [-0.39, 0.29) is 17.2 Å². The molecule has 2 aliphatic heterocycles. The number of hydrogen-bond acceptors (Lipinski definition) is 4. The van der Waals surface area contributed by atoms with Gasteiger partial charge in [0.1, 0.15) is 0 Å². The molecule has 2 aliphatic rings. The van der Waals surface area contributed by atoms with Crippen LogP contribution in [0.3, 0.4) is 0 Å². The number of sulfonamides is 1. The molecule has 2 heterocycles. The van der Waals surface area contributed by atoms with Gasteiger partial charge in [-0.05, 0) is 17.7 Å². The Labute approximate surface area is 158 Å². The number of nitrogens with zero attached hydrogens (tertiary/aromatic N) is 2. The van der Waals surface area contributed by atoms with Gasteiger partial charge in [-0.3, -0.25) is 4.79 Å². The molecule has 0 saturated carbocycles. The summed E-state index contributed by atoms with van der Waals surface area (Å²) >= 11 is 1.70. The molecule has 4 rings (SSSR count). The Kier molecular flexibility index (Phi) is 4.33. The Morgan fingerprint density at radius 3 is 2.65 bits per heavy atom. The summed E-state index contributed by atoms with van der Waals surface area (Å²) in [6.45, 7) is 3.01. The number of hydrogen-bond donors (Lipinski definition) is 0. The second kappa shape index (κ2) is 6.40. The van der Waals surface area contributed by atoms with Gasteiger partial charge in [0.15, 0.2) is 0 Å². The highest BCUT2D eigenvalue weighted by atomic mass is 32.2. The van der Waals surface area contributed by atoms with Gasteiger partial charge in [-0.1, -0.05) is 37.3 Å². The van der Waals surface area contributed by atoms with E-state index in [0.717, 1.165) is 16.1 Å². The Balaban J connectivity index is 1.74. The maximum atomic E-state index is 13.2. The summed E-state index contributed by atoms with van der Waals surface area (Å²) in [6.07, 6.45) is 0.157. The molecular formula is C19H20N2O3S2. The number of rotatable bonds is 4. The smallest absolute Gasteiger partial charge is 0.243 e. The lowest BCUT2D eigenvalue weighted by atomic mass is 10.1. The fraction of sp³-hybridized carbons (Fsp3) is 0.316. The summed E-state index contributed by atoms with van der Waals surface area (Å²) in [4.78, 5) is 15.4. The quantitative estimate of drug-likeness (QED) is 0.808. The van der Waals surface area contributed by atoms with E-state index in [1.807, 2.05) is 36.4 Å². The zero-order valence-electron chi connectivity index (χ0n) is 14.7. The topological polar surface area (TPSA) is 57.7 Å². The minimum atomic E-state index is -3.68. The minimum absolute atomic E-state index is 0.0123. The van der Waals surface area contributed by atoms with E-state index in [4.69, 9.17) is 0 Å². The van der Waals surface area contributed by atoms with Gasteiger partial charge >= 0.3 is 0 Å². The van der Waals surface area contributed by atoms with Crippen LogP contribution in [0, 0.1) is 0 Å². The number of anilines is 1. The maximum absolute atomic E-state index is 13.2. The highest BCUT2D eigenvalue weighted by Crippen LogP contribution is 2.46. The van der Waals surface area contributed by atoms with Crippen LogP contribution in [0.4, 0.5) is 5.69 Å². The lowest BCUT2D eigenvalue weighted by Crippen LogP contribution is -2.35. The van der Waals surface area contributed by atoms with Crippen molar-refractivity contribution in [1.82, 2.24) is 4.31 Å². The van der Waals surface area contributed by atoms with Crippen LogP contribution in [0.25, 0.3) is 0 Å². The van der Waals surface area contributed by atoms with Crippen molar-refractivity contribution in [2.24, 2.45) is 0 Å². The molecule has 1 amide bonds. The number of carbonyl (C=O) groups is 1. The Morgan fingerprint density at radius 1 is 1.19 bits per heavy atom. The number of carbonyl (C=O) groups excluding carboxylic acids is 1. The number of thioether (sulfide) groups is 1. The van der Waals surface area contributed by atoms with E-state index >= 15 is 0 Å². The fourth-order valence-electron chi connectivity index (χ4n) is 3.57. The van der Waals surface area contributed by atoms with Gasteiger partial charge in [0.2, 0.25) is 15.9 Å². The van der Waals surface area contributed by atoms with Gasteiger partial charge in [0.25, 0.3) is 0 Å². The van der Waals surface area contributed by atoms with Crippen molar-refractivity contribution < 1.29 is 13.2 Å². The normalized spacial score (nSPS) is 19.1. The Bertz CT molecular complexity index is 974. The van der Waals surface area contributed by atoms with E-state index in [1.54, 1.807) is 29.8 Å². The van der Waals surface area contributed by atoms with Gasteiger partial charge < -0.3 is 4.90 Å². The molecule has 0 saturated heterocycles. The second-order valence-electron chi connectivity index (χ2n) is 6.75. The summed E-state index contributed by atoms with van der Waals surface area (Å²) in [5, 5.41) is 0.306. The third kappa shape index (κ3) is 2.84. The van der Waals surface area contributed by atoms with Crippen molar-refractivity contribution in [3.63, 3.8) is 0 Å². The van der Waals surface area contributed by atoms with Gasteiger partial charge in [0, 0.05) is 35.8 Å². The first-order valence-corrected chi connectivity index (χ1v) is 10.8. The monoisotopic (exact) mass is 388 g/mol. The van der Waals surface area contributed by atoms with Crippen LogP contribution in [0.2, 0.25) is 0 Å². The van der Waals surface area contributed by atoms with Gasteiger partial charge in [-0.2, -0.15) is 4.31 Å². The Hall–Kier alpha value is -1.83. The van der Waals surface area contributed by atoms with Crippen LogP contribution in [-0.4, -0.2) is 37.5 Å². The second-order valence-corrected chi connectivity index (χ2v) is 10.2. The largest absolute Gasteiger partial charge is 0.310 e. The summed E-state index contributed by atoms with van der Waals surface area (Å²) in [6, 6.07) is 13.0. The number of benzene rings is 2. The van der Waals surface area contributed by atoms with Crippen molar-refractivity contribution >= 4 is 33.4 Å². The maximum Gasteiger partial charge on any atom is 0.243 e. The molecule has 0 spiro atoms. The van der Waals surface area contributed by atoms with Gasteiger partial charge in [-0.25, -0.2) is 8.42 Å². The molecule has 7 heteroatoms. The molecule has 26 heavy (non-hydrogen) atoms. The van der Waals surface area contributed by atoms with Gasteiger partial charge in [0.05, 0.1) is 17.0 Å². The molecule has 0 aliphatic carbocycles. The molecule has 0 aromatic heterocycles. The summed E-state index contributed by atoms with van der Waals surface area (Å²) in [5.74, 6) is -0.0123.